The quantitative estimate of drug-likeness (QED) is 0.663. The van der Waals surface area contributed by atoms with Gasteiger partial charge in [-0.3, -0.25) is 0 Å². The molecule has 88 valence electrons. The van der Waals surface area contributed by atoms with Crippen molar-refractivity contribution < 1.29 is 0 Å². The first-order chi connectivity index (χ1) is 8.08. The van der Waals surface area contributed by atoms with E-state index >= 15 is 0 Å². The smallest absolute Gasteiger partial charge is 0.0435 e. The normalized spacial score (nSPS) is 12.4. The summed E-state index contributed by atoms with van der Waals surface area (Å²) < 4.78 is 0. The van der Waals surface area contributed by atoms with Crippen molar-refractivity contribution in [1.82, 2.24) is 0 Å². The second-order valence-corrected chi connectivity index (χ2v) is 6.25. The highest BCUT2D eigenvalue weighted by atomic mass is 35.5. The Hall–Kier alpha value is -1.05. The van der Waals surface area contributed by atoms with E-state index in [-0.39, 0.29) is 10.5 Å². The zero-order chi connectivity index (χ0) is 12.4. The van der Waals surface area contributed by atoms with Crippen molar-refractivity contribution in [3.63, 3.8) is 0 Å². The molecule has 2 rings (SSSR count). The van der Waals surface area contributed by atoms with Crippen molar-refractivity contribution in [1.29, 1.82) is 0 Å². The first-order valence-electron chi connectivity index (χ1n) is 5.45. The second kappa shape index (κ2) is 5.07. The number of halogens is 1. The predicted molar refractivity (Wildman–Crippen MR) is 78.6 cm³/mol. The maximum absolute atomic E-state index is 6.03. The van der Waals surface area contributed by atoms with E-state index in [2.05, 4.69) is 49.2 Å². The highest BCUT2D eigenvalue weighted by Crippen LogP contribution is 2.35. The van der Waals surface area contributed by atoms with Gasteiger partial charge in [-0.2, -0.15) is 0 Å². The van der Waals surface area contributed by atoms with Crippen LogP contribution in [0.15, 0.2) is 52.3 Å². The lowest BCUT2D eigenvalue weighted by Crippen LogP contribution is -1.81. The third kappa shape index (κ3) is 2.80. The maximum Gasteiger partial charge on any atom is 0.0435 e. The summed E-state index contributed by atoms with van der Waals surface area (Å²) in [7, 11) is -0.132. The summed E-state index contributed by atoms with van der Waals surface area (Å²) in [5, 5.41) is 0.814. The SMILES string of the molecule is C=S(c1ccc(C)cc1)c1ccc(Cl)c(C)c1. The van der Waals surface area contributed by atoms with Crippen LogP contribution in [0, 0.1) is 13.8 Å². The minimum Gasteiger partial charge on any atom is -0.131 e. The summed E-state index contributed by atoms with van der Waals surface area (Å²) in [6, 6.07) is 14.7. The van der Waals surface area contributed by atoms with Crippen molar-refractivity contribution in [2.75, 3.05) is 0 Å². The highest BCUT2D eigenvalue weighted by molar-refractivity contribution is 8.14. The minimum absolute atomic E-state index is 0.132. The summed E-state index contributed by atoms with van der Waals surface area (Å²) >= 11 is 6.03. The van der Waals surface area contributed by atoms with Crippen LogP contribution >= 0.6 is 22.1 Å². The summed E-state index contributed by atoms with van der Waals surface area (Å²) in [6.45, 7) is 4.12. The summed E-state index contributed by atoms with van der Waals surface area (Å²) in [4.78, 5) is 2.49. The summed E-state index contributed by atoms with van der Waals surface area (Å²) in [5.41, 5.74) is 2.38. The summed E-state index contributed by atoms with van der Waals surface area (Å²) in [5.74, 6) is 4.26. The van der Waals surface area contributed by atoms with Crippen LogP contribution < -0.4 is 0 Å². The van der Waals surface area contributed by atoms with Crippen LogP contribution in [0.3, 0.4) is 0 Å². The Kier molecular flexibility index (Phi) is 3.70. The van der Waals surface area contributed by atoms with Gasteiger partial charge in [-0.1, -0.05) is 35.2 Å². The molecule has 0 aliphatic heterocycles. The lowest BCUT2D eigenvalue weighted by atomic mass is 10.2. The van der Waals surface area contributed by atoms with Gasteiger partial charge in [0.25, 0.3) is 0 Å². The largest absolute Gasteiger partial charge is 0.131 e. The molecule has 0 aromatic heterocycles. The average Bonchev–Trinajstić information content (AvgIpc) is 2.33. The topological polar surface area (TPSA) is 0 Å². The van der Waals surface area contributed by atoms with E-state index in [0.717, 1.165) is 10.6 Å². The fraction of sp³-hybridized carbons (Fsp3) is 0.133. The number of hydrogen-bond donors (Lipinski definition) is 0. The van der Waals surface area contributed by atoms with Gasteiger partial charge in [-0.15, -0.1) is 10.5 Å². The Labute approximate surface area is 110 Å². The van der Waals surface area contributed by atoms with Gasteiger partial charge in [0.15, 0.2) is 0 Å². The van der Waals surface area contributed by atoms with Crippen molar-refractivity contribution in [3.05, 3.63) is 58.6 Å². The van der Waals surface area contributed by atoms with Crippen LogP contribution in [-0.4, -0.2) is 5.87 Å². The highest BCUT2D eigenvalue weighted by Gasteiger charge is 2.02. The second-order valence-electron chi connectivity index (χ2n) is 4.11. The lowest BCUT2D eigenvalue weighted by molar-refractivity contribution is 1.33. The van der Waals surface area contributed by atoms with Crippen LogP contribution in [-0.2, 0) is 0 Å². The van der Waals surface area contributed by atoms with Crippen molar-refractivity contribution >= 4 is 28.0 Å². The number of rotatable bonds is 2. The Balaban J connectivity index is 2.37. The van der Waals surface area contributed by atoms with Gasteiger partial charge in [-0.25, -0.2) is 0 Å². The van der Waals surface area contributed by atoms with E-state index in [1.54, 1.807) is 0 Å². The molecule has 0 heterocycles. The fourth-order valence-corrected chi connectivity index (χ4v) is 3.01. The van der Waals surface area contributed by atoms with E-state index in [1.165, 1.54) is 15.4 Å². The van der Waals surface area contributed by atoms with Crippen LogP contribution in [0.4, 0.5) is 0 Å². The average molecular weight is 263 g/mol. The van der Waals surface area contributed by atoms with Crippen molar-refractivity contribution in [2.24, 2.45) is 0 Å². The Bertz CT molecular complexity index is 556. The molecule has 0 nitrogen and oxygen atoms in total. The first kappa shape index (κ1) is 12.4. The molecule has 0 aliphatic carbocycles. The molecule has 2 heteroatoms. The third-order valence-corrected chi connectivity index (χ3v) is 4.81. The molecule has 17 heavy (non-hydrogen) atoms. The van der Waals surface area contributed by atoms with Crippen LogP contribution in [0.2, 0.25) is 5.02 Å². The third-order valence-electron chi connectivity index (χ3n) is 2.72. The van der Waals surface area contributed by atoms with Gasteiger partial charge in [0.05, 0.1) is 0 Å². The Morgan fingerprint density at radius 3 is 2.12 bits per heavy atom. The molecule has 1 atom stereocenters. The van der Waals surface area contributed by atoms with E-state index in [9.17, 15) is 0 Å². The zero-order valence-electron chi connectivity index (χ0n) is 10.0. The molecule has 0 spiro atoms. The number of benzene rings is 2. The van der Waals surface area contributed by atoms with E-state index < -0.39 is 0 Å². The Morgan fingerprint density at radius 2 is 1.53 bits per heavy atom. The molecule has 0 amide bonds. The number of hydrogen-bond acceptors (Lipinski definition) is 0. The molecule has 0 aliphatic rings. The Morgan fingerprint density at radius 1 is 0.941 bits per heavy atom. The van der Waals surface area contributed by atoms with Crippen LogP contribution in [0.1, 0.15) is 11.1 Å². The van der Waals surface area contributed by atoms with Gasteiger partial charge in [0.1, 0.15) is 0 Å². The van der Waals surface area contributed by atoms with E-state index in [4.69, 9.17) is 11.6 Å². The van der Waals surface area contributed by atoms with E-state index in [1.807, 2.05) is 13.0 Å². The standard InChI is InChI=1S/C15H15ClS/c1-11-4-6-13(7-5-11)17(3)14-8-9-15(16)12(2)10-14/h4-10H,3H2,1-2H3. The van der Waals surface area contributed by atoms with E-state index in [0.29, 0.717) is 0 Å². The number of aryl methyl sites for hydroxylation is 2. The molecular weight excluding hydrogens is 248 g/mol. The summed E-state index contributed by atoms with van der Waals surface area (Å²) in [6.07, 6.45) is 0. The minimum atomic E-state index is -0.132. The molecule has 1 unspecified atom stereocenters. The van der Waals surface area contributed by atoms with Crippen molar-refractivity contribution in [3.8, 4) is 0 Å². The van der Waals surface area contributed by atoms with Crippen LogP contribution in [0.25, 0.3) is 0 Å². The lowest BCUT2D eigenvalue weighted by Gasteiger charge is -2.10. The van der Waals surface area contributed by atoms with Gasteiger partial charge < -0.3 is 0 Å². The molecule has 0 saturated heterocycles. The molecule has 0 saturated carbocycles. The zero-order valence-corrected chi connectivity index (χ0v) is 11.6. The van der Waals surface area contributed by atoms with Gasteiger partial charge >= 0.3 is 0 Å². The molecule has 0 bridgehead atoms. The predicted octanol–water partition coefficient (Wildman–Crippen LogP) is 5.08. The molecule has 0 fully saturated rings. The molecule has 0 radical (unpaired) electrons. The fourth-order valence-electron chi connectivity index (χ4n) is 1.61. The van der Waals surface area contributed by atoms with Gasteiger partial charge in [0.2, 0.25) is 0 Å². The van der Waals surface area contributed by atoms with Crippen molar-refractivity contribution in [2.45, 2.75) is 23.6 Å². The van der Waals surface area contributed by atoms with Gasteiger partial charge in [0, 0.05) is 14.8 Å². The maximum atomic E-state index is 6.03. The molecule has 2 aromatic rings. The van der Waals surface area contributed by atoms with Gasteiger partial charge in [-0.05, 0) is 49.7 Å². The first-order valence-corrected chi connectivity index (χ1v) is 7.22. The molecule has 0 N–H and O–H groups in total. The molecular formula is C15H15ClS. The van der Waals surface area contributed by atoms with Crippen LogP contribution in [0.5, 0.6) is 0 Å². The monoisotopic (exact) mass is 262 g/mol. The molecule has 2 aromatic carbocycles.